The highest BCUT2D eigenvalue weighted by atomic mass is 32.1. The van der Waals surface area contributed by atoms with Crippen molar-refractivity contribution in [2.75, 3.05) is 16.4 Å². The molecule has 0 aliphatic heterocycles. The van der Waals surface area contributed by atoms with Crippen LogP contribution in [-0.2, 0) is 5.41 Å². The van der Waals surface area contributed by atoms with Crippen LogP contribution in [0.5, 0.6) is 0 Å². The zero-order chi connectivity index (χ0) is 24.5. The summed E-state index contributed by atoms with van der Waals surface area (Å²) >= 11 is 1.49. The van der Waals surface area contributed by atoms with Crippen LogP contribution in [0.15, 0.2) is 54.7 Å². The highest BCUT2D eigenvalue weighted by Gasteiger charge is 2.24. The average molecular weight is 477 g/mol. The summed E-state index contributed by atoms with van der Waals surface area (Å²) < 4.78 is 14.6. The fourth-order valence-electron chi connectivity index (χ4n) is 3.20. The number of hydrogen-bond donors (Lipinski definition) is 3. The van der Waals surface area contributed by atoms with Gasteiger partial charge in [0.05, 0.1) is 21.3 Å². The van der Waals surface area contributed by atoms with Crippen LogP contribution < -0.4 is 16.4 Å². The first kappa shape index (κ1) is 23.3. The molecule has 9 heteroatoms. The third kappa shape index (κ3) is 5.20. The zero-order valence-corrected chi connectivity index (χ0v) is 20.1. The number of hydrogen-bond acceptors (Lipinski definition) is 6. The van der Waals surface area contributed by atoms with E-state index in [1.54, 1.807) is 36.5 Å². The van der Waals surface area contributed by atoms with Crippen LogP contribution in [0.25, 0.3) is 21.8 Å². The predicted octanol–water partition coefficient (Wildman–Crippen LogP) is 6.24. The highest BCUT2D eigenvalue weighted by molar-refractivity contribution is 7.15. The molecule has 0 atom stereocenters. The van der Waals surface area contributed by atoms with Crippen LogP contribution in [0.2, 0.25) is 0 Å². The van der Waals surface area contributed by atoms with Crippen LogP contribution in [0.3, 0.4) is 0 Å². The van der Waals surface area contributed by atoms with Crippen molar-refractivity contribution in [2.24, 2.45) is 0 Å². The van der Waals surface area contributed by atoms with Crippen molar-refractivity contribution in [3.63, 3.8) is 0 Å². The third-order valence-corrected chi connectivity index (χ3v) is 6.50. The van der Waals surface area contributed by atoms with E-state index in [9.17, 15) is 9.18 Å². The van der Waals surface area contributed by atoms with E-state index in [1.807, 2.05) is 19.1 Å². The fourth-order valence-corrected chi connectivity index (χ4v) is 4.33. The topological polar surface area (TPSA) is 106 Å². The molecule has 2 heterocycles. The standard InChI is InChI=1S/C25H25FN6OS/c1-14-5-8-16(9-6-14)29-24(33)31-19-13-15(7-10-17(19)26)21-20(18-11-12-28-23(27)30-18)32-22(34-21)25(2,3)4/h5-13H,1-4H3,(H2,27,28,30)(H2,29,31,33). The molecular formula is C25H25FN6OS. The summed E-state index contributed by atoms with van der Waals surface area (Å²) in [6.45, 7) is 8.17. The zero-order valence-electron chi connectivity index (χ0n) is 19.3. The SMILES string of the molecule is Cc1ccc(NC(=O)Nc2cc(-c3sc(C(C)(C)C)nc3-c3ccnc(N)n3)ccc2F)cc1. The molecule has 0 spiro atoms. The van der Waals surface area contributed by atoms with Crippen LogP contribution in [0, 0.1) is 12.7 Å². The van der Waals surface area contributed by atoms with Gasteiger partial charge in [0.15, 0.2) is 0 Å². The summed E-state index contributed by atoms with van der Waals surface area (Å²) in [5, 5.41) is 6.21. The summed E-state index contributed by atoms with van der Waals surface area (Å²) in [5.41, 5.74) is 9.24. The maximum absolute atomic E-state index is 14.6. The van der Waals surface area contributed by atoms with Gasteiger partial charge in [-0.15, -0.1) is 11.3 Å². The van der Waals surface area contributed by atoms with Crippen LogP contribution >= 0.6 is 11.3 Å². The number of halogens is 1. The largest absolute Gasteiger partial charge is 0.368 e. The Morgan fingerprint density at radius 2 is 1.76 bits per heavy atom. The van der Waals surface area contributed by atoms with Crippen molar-refractivity contribution in [2.45, 2.75) is 33.1 Å². The highest BCUT2D eigenvalue weighted by Crippen LogP contribution is 2.41. The number of carbonyl (C=O) groups excluding carboxylic acids is 1. The molecule has 0 saturated carbocycles. The van der Waals surface area contributed by atoms with Crippen molar-refractivity contribution in [1.29, 1.82) is 0 Å². The smallest absolute Gasteiger partial charge is 0.323 e. The second-order valence-electron chi connectivity index (χ2n) is 8.89. The minimum absolute atomic E-state index is 0.0565. The number of aryl methyl sites for hydroxylation is 1. The lowest BCUT2D eigenvalue weighted by Gasteiger charge is -2.13. The van der Waals surface area contributed by atoms with Crippen molar-refractivity contribution in [3.05, 3.63) is 71.1 Å². The molecule has 0 bridgehead atoms. The van der Waals surface area contributed by atoms with Gasteiger partial charge in [-0.05, 0) is 42.8 Å². The molecule has 0 unspecified atom stereocenters. The molecule has 0 saturated heterocycles. The summed E-state index contributed by atoms with van der Waals surface area (Å²) in [7, 11) is 0. The number of urea groups is 1. The Hall–Kier alpha value is -3.85. The van der Waals surface area contributed by atoms with Crippen molar-refractivity contribution in [3.8, 4) is 21.8 Å². The molecule has 2 aromatic heterocycles. The van der Waals surface area contributed by atoms with Crippen molar-refractivity contribution in [1.82, 2.24) is 15.0 Å². The molecule has 0 fully saturated rings. The predicted molar refractivity (Wildman–Crippen MR) is 135 cm³/mol. The molecule has 4 rings (SSSR count). The number of nitrogens with two attached hydrogens (primary N) is 1. The van der Waals surface area contributed by atoms with E-state index in [2.05, 4.69) is 41.4 Å². The van der Waals surface area contributed by atoms with Gasteiger partial charge in [0.1, 0.15) is 11.5 Å². The van der Waals surface area contributed by atoms with E-state index in [0.717, 1.165) is 15.4 Å². The molecule has 2 amide bonds. The van der Waals surface area contributed by atoms with Gasteiger partial charge in [-0.2, -0.15) is 0 Å². The fraction of sp³-hybridized carbons (Fsp3) is 0.200. The van der Waals surface area contributed by atoms with E-state index in [0.29, 0.717) is 22.6 Å². The first-order chi connectivity index (χ1) is 16.1. The lowest BCUT2D eigenvalue weighted by molar-refractivity contribution is 0.262. The van der Waals surface area contributed by atoms with E-state index < -0.39 is 11.8 Å². The third-order valence-electron chi connectivity index (χ3n) is 4.97. The number of aromatic nitrogens is 3. The van der Waals surface area contributed by atoms with Crippen LogP contribution in [0.4, 0.5) is 26.5 Å². The number of anilines is 3. The van der Waals surface area contributed by atoms with Crippen molar-refractivity contribution >= 4 is 34.7 Å². The lowest BCUT2D eigenvalue weighted by Crippen LogP contribution is -2.20. The van der Waals surface area contributed by atoms with Gasteiger partial charge >= 0.3 is 6.03 Å². The second kappa shape index (κ2) is 9.18. The number of nitrogens with one attached hydrogen (secondary N) is 2. The van der Waals surface area contributed by atoms with Gasteiger partial charge < -0.3 is 16.4 Å². The van der Waals surface area contributed by atoms with Gasteiger partial charge in [-0.3, -0.25) is 0 Å². The number of benzene rings is 2. The molecule has 7 nitrogen and oxygen atoms in total. The summed E-state index contributed by atoms with van der Waals surface area (Å²) in [6, 6.07) is 13.1. The number of nitrogen functional groups attached to an aromatic ring is 1. The minimum Gasteiger partial charge on any atom is -0.368 e. The van der Waals surface area contributed by atoms with Crippen LogP contribution in [0.1, 0.15) is 31.3 Å². The molecule has 2 aromatic carbocycles. The average Bonchev–Trinajstić information content (AvgIpc) is 3.23. The normalized spacial score (nSPS) is 11.3. The van der Waals surface area contributed by atoms with Gasteiger partial charge in [0.25, 0.3) is 0 Å². The first-order valence-corrected chi connectivity index (χ1v) is 11.5. The molecule has 0 aliphatic rings. The Kier molecular flexibility index (Phi) is 6.30. The van der Waals surface area contributed by atoms with E-state index in [4.69, 9.17) is 10.7 Å². The lowest BCUT2D eigenvalue weighted by atomic mass is 9.98. The van der Waals surface area contributed by atoms with Gasteiger partial charge in [0.2, 0.25) is 5.95 Å². The number of rotatable bonds is 4. The van der Waals surface area contributed by atoms with E-state index in [-0.39, 0.29) is 17.1 Å². The maximum atomic E-state index is 14.6. The molecule has 4 aromatic rings. The van der Waals surface area contributed by atoms with E-state index in [1.165, 1.54) is 17.4 Å². The molecule has 34 heavy (non-hydrogen) atoms. The minimum atomic E-state index is -0.545. The van der Waals surface area contributed by atoms with Gasteiger partial charge in [-0.1, -0.05) is 44.5 Å². The number of amides is 2. The second-order valence-corrected chi connectivity index (χ2v) is 9.89. The molecule has 4 N–H and O–H groups in total. The number of carbonyl (C=O) groups is 1. The Bertz CT molecular complexity index is 1340. The molecule has 0 aliphatic carbocycles. The van der Waals surface area contributed by atoms with Crippen LogP contribution in [-0.4, -0.2) is 21.0 Å². The van der Waals surface area contributed by atoms with E-state index >= 15 is 0 Å². The van der Waals surface area contributed by atoms with Gasteiger partial charge in [-0.25, -0.2) is 24.1 Å². The summed E-state index contributed by atoms with van der Waals surface area (Å²) in [6.07, 6.45) is 1.57. The molecule has 174 valence electrons. The summed E-state index contributed by atoms with van der Waals surface area (Å²) in [4.78, 5) is 26.4. The van der Waals surface area contributed by atoms with Crippen molar-refractivity contribution < 1.29 is 9.18 Å². The Balaban J connectivity index is 1.69. The number of nitrogens with zero attached hydrogens (tertiary/aromatic N) is 3. The monoisotopic (exact) mass is 476 g/mol. The quantitative estimate of drug-likeness (QED) is 0.323. The maximum Gasteiger partial charge on any atom is 0.323 e. The molecular weight excluding hydrogens is 451 g/mol. The first-order valence-electron chi connectivity index (χ1n) is 10.6. The Labute approximate surface area is 201 Å². The Morgan fingerprint density at radius 1 is 1.03 bits per heavy atom. The Morgan fingerprint density at radius 3 is 2.44 bits per heavy atom. The number of thiazole rings is 1. The molecule has 0 radical (unpaired) electrons. The summed E-state index contributed by atoms with van der Waals surface area (Å²) in [5.74, 6) is -0.404. The van der Waals surface area contributed by atoms with Gasteiger partial charge in [0, 0.05) is 17.3 Å².